The van der Waals surface area contributed by atoms with Crippen LogP contribution in [0, 0.1) is 5.92 Å². The molecular formula is C13H28O2Si. The van der Waals surface area contributed by atoms with Crippen LogP contribution < -0.4 is 0 Å². The Bertz CT molecular complexity index is 190. The van der Waals surface area contributed by atoms with E-state index in [2.05, 4.69) is 20.8 Å². The SMILES string of the molecule is CCO[Si](CC(C)C)(OC)C1CCCCC1. The summed E-state index contributed by atoms with van der Waals surface area (Å²) in [6, 6.07) is 1.15. The highest BCUT2D eigenvalue weighted by Gasteiger charge is 2.45. The lowest BCUT2D eigenvalue weighted by molar-refractivity contribution is 0.183. The molecule has 0 radical (unpaired) electrons. The normalized spacial score (nSPS) is 22.3. The van der Waals surface area contributed by atoms with Gasteiger partial charge >= 0.3 is 8.56 Å². The summed E-state index contributed by atoms with van der Waals surface area (Å²) in [5, 5.41) is 0. The minimum atomic E-state index is -1.93. The zero-order valence-electron chi connectivity index (χ0n) is 11.4. The highest BCUT2D eigenvalue weighted by molar-refractivity contribution is 6.69. The summed E-state index contributed by atoms with van der Waals surface area (Å²) in [7, 11) is -0.0578. The molecule has 0 aromatic heterocycles. The van der Waals surface area contributed by atoms with Gasteiger partial charge in [0.2, 0.25) is 0 Å². The molecule has 0 aliphatic heterocycles. The summed E-state index contributed by atoms with van der Waals surface area (Å²) >= 11 is 0. The lowest BCUT2D eigenvalue weighted by Gasteiger charge is -2.39. The fourth-order valence-electron chi connectivity index (χ4n) is 3.01. The summed E-state index contributed by atoms with van der Waals surface area (Å²) in [6.45, 7) is 7.47. The van der Waals surface area contributed by atoms with Gasteiger partial charge < -0.3 is 8.85 Å². The second-order valence-electron chi connectivity index (χ2n) is 5.38. The molecule has 0 spiro atoms. The van der Waals surface area contributed by atoms with Crippen molar-refractivity contribution in [2.75, 3.05) is 13.7 Å². The van der Waals surface area contributed by atoms with Crippen LogP contribution in [0.15, 0.2) is 0 Å². The second-order valence-corrected chi connectivity index (χ2v) is 8.93. The van der Waals surface area contributed by atoms with E-state index in [0.717, 1.165) is 18.2 Å². The molecule has 1 atom stereocenters. The first-order valence-corrected chi connectivity index (χ1v) is 8.93. The van der Waals surface area contributed by atoms with E-state index in [-0.39, 0.29) is 0 Å². The lowest BCUT2D eigenvalue weighted by atomic mass is 10.0. The number of hydrogen-bond donors (Lipinski definition) is 0. The highest BCUT2D eigenvalue weighted by Crippen LogP contribution is 2.41. The standard InChI is InChI=1S/C13H28O2Si/c1-5-15-16(14-4,11-12(2)3)13-9-7-6-8-10-13/h12-13H,5-11H2,1-4H3. The summed E-state index contributed by atoms with van der Waals surface area (Å²) in [6.07, 6.45) is 6.79. The van der Waals surface area contributed by atoms with E-state index in [4.69, 9.17) is 8.85 Å². The minimum absolute atomic E-state index is 0.681. The first kappa shape index (κ1) is 14.2. The molecular weight excluding hydrogens is 216 g/mol. The Hall–Kier alpha value is 0.137. The maximum Gasteiger partial charge on any atom is 0.341 e. The zero-order chi connectivity index (χ0) is 12.0. The van der Waals surface area contributed by atoms with E-state index in [1.165, 1.54) is 32.1 Å². The van der Waals surface area contributed by atoms with Crippen LogP contribution in [-0.2, 0) is 8.85 Å². The lowest BCUT2D eigenvalue weighted by Crippen LogP contribution is -2.47. The molecule has 0 bridgehead atoms. The number of hydrogen-bond acceptors (Lipinski definition) is 2. The van der Waals surface area contributed by atoms with Crippen LogP contribution in [0.25, 0.3) is 0 Å². The van der Waals surface area contributed by atoms with Crippen molar-refractivity contribution in [1.82, 2.24) is 0 Å². The minimum Gasteiger partial charge on any atom is -0.397 e. The van der Waals surface area contributed by atoms with Crippen molar-refractivity contribution in [3.05, 3.63) is 0 Å². The Morgan fingerprint density at radius 2 is 1.81 bits per heavy atom. The molecule has 0 heterocycles. The van der Waals surface area contributed by atoms with Crippen LogP contribution in [-0.4, -0.2) is 22.3 Å². The Balaban J connectivity index is 2.72. The Morgan fingerprint density at radius 3 is 2.25 bits per heavy atom. The molecule has 1 rings (SSSR count). The van der Waals surface area contributed by atoms with Gasteiger partial charge in [-0.15, -0.1) is 0 Å². The van der Waals surface area contributed by atoms with Gasteiger partial charge in [0, 0.05) is 19.3 Å². The van der Waals surface area contributed by atoms with Crippen molar-refractivity contribution in [2.24, 2.45) is 5.92 Å². The van der Waals surface area contributed by atoms with Gasteiger partial charge in [-0.05, 0) is 31.7 Å². The molecule has 0 N–H and O–H groups in total. The fraction of sp³-hybridized carbons (Fsp3) is 1.00. The maximum absolute atomic E-state index is 6.15. The predicted molar refractivity (Wildman–Crippen MR) is 70.9 cm³/mol. The number of rotatable bonds is 6. The zero-order valence-corrected chi connectivity index (χ0v) is 12.4. The van der Waals surface area contributed by atoms with Crippen LogP contribution in [0.1, 0.15) is 52.9 Å². The van der Waals surface area contributed by atoms with Gasteiger partial charge in [-0.2, -0.15) is 0 Å². The molecule has 96 valence electrons. The third kappa shape index (κ3) is 3.57. The van der Waals surface area contributed by atoms with E-state index in [0.29, 0.717) is 5.92 Å². The van der Waals surface area contributed by atoms with Crippen molar-refractivity contribution in [3.63, 3.8) is 0 Å². The van der Waals surface area contributed by atoms with E-state index < -0.39 is 8.56 Å². The summed E-state index contributed by atoms with van der Waals surface area (Å²) in [5.41, 5.74) is 0.730. The van der Waals surface area contributed by atoms with E-state index in [9.17, 15) is 0 Å². The van der Waals surface area contributed by atoms with Crippen molar-refractivity contribution in [3.8, 4) is 0 Å². The fourth-order valence-corrected chi connectivity index (χ4v) is 7.23. The summed E-state index contributed by atoms with van der Waals surface area (Å²) < 4.78 is 12.1. The first-order valence-electron chi connectivity index (χ1n) is 6.83. The molecule has 16 heavy (non-hydrogen) atoms. The third-order valence-electron chi connectivity index (χ3n) is 3.65. The van der Waals surface area contributed by atoms with Gasteiger partial charge in [0.15, 0.2) is 0 Å². The topological polar surface area (TPSA) is 18.5 Å². The van der Waals surface area contributed by atoms with Crippen LogP contribution >= 0.6 is 0 Å². The van der Waals surface area contributed by atoms with Crippen molar-refractivity contribution < 1.29 is 8.85 Å². The van der Waals surface area contributed by atoms with Crippen molar-refractivity contribution >= 4 is 8.56 Å². The van der Waals surface area contributed by atoms with Crippen LogP contribution in [0.3, 0.4) is 0 Å². The van der Waals surface area contributed by atoms with Gasteiger partial charge in [-0.1, -0.05) is 33.1 Å². The Kier molecular flexibility index (Phi) is 6.01. The molecule has 1 saturated carbocycles. The highest BCUT2D eigenvalue weighted by atomic mass is 28.4. The van der Waals surface area contributed by atoms with E-state index in [1.54, 1.807) is 0 Å². The maximum atomic E-state index is 6.15. The largest absolute Gasteiger partial charge is 0.397 e. The summed E-state index contributed by atoms with van der Waals surface area (Å²) in [5.74, 6) is 0.681. The average Bonchev–Trinajstić information content (AvgIpc) is 2.29. The van der Waals surface area contributed by atoms with Gasteiger partial charge in [0.1, 0.15) is 0 Å². The smallest absolute Gasteiger partial charge is 0.341 e. The van der Waals surface area contributed by atoms with Crippen LogP contribution in [0.2, 0.25) is 11.6 Å². The first-order chi connectivity index (χ1) is 7.64. The average molecular weight is 244 g/mol. The molecule has 0 aromatic carbocycles. The van der Waals surface area contributed by atoms with Gasteiger partial charge in [0.05, 0.1) is 0 Å². The van der Waals surface area contributed by atoms with E-state index in [1.807, 2.05) is 7.11 Å². The second kappa shape index (κ2) is 6.77. The molecule has 1 unspecified atom stereocenters. The monoisotopic (exact) mass is 244 g/mol. The molecule has 3 heteroatoms. The van der Waals surface area contributed by atoms with Crippen molar-refractivity contribution in [2.45, 2.75) is 64.5 Å². The van der Waals surface area contributed by atoms with Gasteiger partial charge in [-0.25, -0.2) is 0 Å². The Morgan fingerprint density at radius 1 is 1.19 bits per heavy atom. The molecule has 1 fully saturated rings. The molecule has 0 saturated heterocycles. The van der Waals surface area contributed by atoms with Gasteiger partial charge in [-0.3, -0.25) is 0 Å². The van der Waals surface area contributed by atoms with Crippen LogP contribution in [0.4, 0.5) is 0 Å². The Labute approximate surface area is 102 Å². The predicted octanol–water partition coefficient (Wildman–Crippen LogP) is 4.10. The molecule has 1 aliphatic rings. The quantitative estimate of drug-likeness (QED) is 0.655. The summed E-state index contributed by atoms with van der Waals surface area (Å²) in [4.78, 5) is 0. The molecule has 0 amide bonds. The molecule has 2 nitrogen and oxygen atoms in total. The van der Waals surface area contributed by atoms with E-state index >= 15 is 0 Å². The molecule has 0 aromatic rings. The van der Waals surface area contributed by atoms with Crippen molar-refractivity contribution in [1.29, 1.82) is 0 Å². The third-order valence-corrected chi connectivity index (χ3v) is 8.33. The molecule has 1 aliphatic carbocycles. The van der Waals surface area contributed by atoms with Gasteiger partial charge in [0.25, 0.3) is 0 Å². The van der Waals surface area contributed by atoms with Crippen LogP contribution in [0.5, 0.6) is 0 Å².